The Morgan fingerprint density at radius 1 is 1.29 bits per heavy atom. The lowest BCUT2D eigenvalue weighted by atomic mass is 10.1. The molecule has 0 spiro atoms. The molecular formula is C15H15FN2O3. The van der Waals surface area contributed by atoms with E-state index in [-0.39, 0.29) is 22.6 Å². The van der Waals surface area contributed by atoms with Crippen molar-refractivity contribution in [3.8, 4) is 0 Å². The fraction of sp³-hybridized carbons (Fsp3) is 0.200. The van der Waals surface area contributed by atoms with Crippen LogP contribution in [0, 0.1) is 19.7 Å². The number of carboxylic acid groups (broad SMARTS) is 1. The van der Waals surface area contributed by atoms with Crippen molar-refractivity contribution in [3.63, 3.8) is 0 Å². The minimum absolute atomic E-state index is 0.0425. The van der Waals surface area contributed by atoms with E-state index in [2.05, 4.69) is 5.32 Å². The molecule has 2 aromatic rings. The highest BCUT2D eigenvalue weighted by Gasteiger charge is 2.17. The molecule has 0 bridgehead atoms. The maximum absolute atomic E-state index is 13.9. The third-order valence-corrected chi connectivity index (χ3v) is 3.20. The molecule has 0 unspecified atom stereocenters. The predicted molar refractivity (Wildman–Crippen MR) is 77.8 cm³/mol. The molecule has 110 valence electrons. The highest BCUT2D eigenvalue weighted by atomic mass is 19.1. The van der Waals surface area contributed by atoms with Gasteiger partial charge in [0.15, 0.2) is 0 Å². The number of aromatic carboxylic acids is 1. The van der Waals surface area contributed by atoms with E-state index in [0.717, 1.165) is 10.1 Å². The summed E-state index contributed by atoms with van der Waals surface area (Å²) in [5.41, 5.74) is 0.741. The summed E-state index contributed by atoms with van der Waals surface area (Å²) in [6, 6.07) is 5.80. The molecular weight excluding hydrogens is 275 g/mol. The molecule has 0 amide bonds. The summed E-state index contributed by atoms with van der Waals surface area (Å²) in [5, 5.41) is 11.9. The summed E-state index contributed by atoms with van der Waals surface area (Å²) in [6.07, 6.45) is 0. The molecule has 1 aromatic heterocycles. The predicted octanol–water partition coefficient (Wildman–Crippen LogP) is 2.58. The van der Waals surface area contributed by atoms with Gasteiger partial charge in [0.1, 0.15) is 17.2 Å². The standard InChI is InChI=1S/C15H15FN2O3/c1-8-4-5-12(11(16)6-8)17-13-10(15(20)21)7-9(2)14(19)18(13)3/h4-7,17H,1-3H3,(H,20,21). The lowest BCUT2D eigenvalue weighted by Gasteiger charge is -2.15. The molecule has 0 saturated carbocycles. The van der Waals surface area contributed by atoms with E-state index >= 15 is 0 Å². The van der Waals surface area contributed by atoms with Gasteiger partial charge < -0.3 is 10.4 Å². The summed E-state index contributed by atoms with van der Waals surface area (Å²) in [5.74, 6) is -1.66. The van der Waals surface area contributed by atoms with Crippen LogP contribution in [0.1, 0.15) is 21.5 Å². The van der Waals surface area contributed by atoms with Crippen LogP contribution in [0.3, 0.4) is 0 Å². The zero-order chi connectivity index (χ0) is 15.7. The summed E-state index contributed by atoms with van der Waals surface area (Å²) in [7, 11) is 1.44. The summed E-state index contributed by atoms with van der Waals surface area (Å²) < 4.78 is 15.0. The number of aromatic nitrogens is 1. The number of anilines is 2. The first-order chi connectivity index (χ1) is 9.81. The normalized spacial score (nSPS) is 10.5. The fourth-order valence-electron chi connectivity index (χ4n) is 2.06. The molecule has 0 fully saturated rings. The van der Waals surface area contributed by atoms with Crippen LogP contribution >= 0.6 is 0 Å². The minimum atomic E-state index is -1.19. The van der Waals surface area contributed by atoms with Crippen molar-refractivity contribution in [2.24, 2.45) is 7.05 Å². The van der Waals surface area contributed by atoms with Crippen molar-refractivity contribution in [3.05, 3.63) is 57.1 Å². The van der Waals surface area contributed by atoms with Crippen molar-refractivity contribution in [2.45, 2.75) is 13.8 Å². The van der Waals surface area contributed by atoms with Gasteiger partial charge in [-0.05, 0) is 37.6 Å². The Kier molecular flexibility index (Phi) is 3.80. The van der Waals surface area contributed by atoms with Gasteiger partial charge in [0, 0.05) is 12.6 Å². The first-order valence-corrected chi connectivity index (χ1v) is 6.28. The van der Waals surface area contributed by atoms with E-state index in [1.807, 2.05) is 0 Å². The van der Waals surface area contributed by atoms with Gasteiger partial charge in [-0.15, -0.1) is 0 Å². The highest BCUT2D eigenvalue weighted by Crippen LogP contribution is 2.23. The molecule has 0 saturated heterocycles. The average Bonchev–Trinajstić information content (AvgIpc) is 2.41. The van der Waals surface area contributed by atoms with Crippen LogP contribution in [0.4, 0.5) is 15.9 Å². The van der Waals surface area contributed by atoms with Crippen molar-refractivity contribution < 1.29 is 14.3 Å². The van der Waals surface area contributed by atoms with Crippen LogP contribution in [-0.2, 0) is 7.05 Å². The van der Waals surface area contributed by atoms with Gasteiger partial charge in [0.2, 0.25) is 0 Å². The Bertz CT molecular complexity index is 781. The number of rotatable bonds is 3. The zero-order valence-corrected chi connectivity index (χ0v) is 11.9. The largest absolute Gasteiger partial charge is 0.478 e. The van der Waals surface area contributed by atoms with Crippen LogP contribution in [0.25, 0.3) is 0 Å². The van der Waals surface area contributed by atoms with Gasteiger partial charge in [-0.1, -0.05) is 6.07 Å². The molecule has 21 heavy (non-hydrogen) atoms. The molecule has 1 heterocycles. The number of halogens is 1. The Hall–Kier alpha value is -2.63. The van der Waals surface area contributed by atoms with Gasteiger partial charge in [-0.2, -0.15) is 0 Å². The first kappa shape index (κ1) is 14.8. The molecule has 2 N–H and O–H groups in total. The second kappa shape index (κ2) is 5.40. The first-order valence-electron chi connectivity index (χ1n) is 6.28. The van der Waals surface area contributed by atoms with E-state index in [9.17, 15) is 19.1 Å². The molecule has 0 aliphatic carbocycles. The van der Waals surface area contributed by atoms with Gasteiger partial charge >= 0.3 is 5.97 Å². The van der Waals surface area contributed by atoms with E-state index in [4.69, 9.17) is 0 Å². The second-order valence-electron chi connectivity index (χ2n) is 4.87. The fourth-order valence-corrected chi connectivity index (χ4v) is 2.06. The third-order valence-electron chi connectivity index (χ3n) is 3.20. The smallest absolute Gasteiger partial charge is 0.339 e. The molecule has 1 aromatic carbocycles. The summed E-state index contributed by atoms with van der Waals surface area (Å²) >= 11 is 0. The number of nitrogens with zero attached hydrogens (tertiary/aromatic N) is 1. The van der Waals surface area contributed by atoms with Gasteiger partial charge in [-0.3, -0.25) is 9.36 Å². The van der Waals surface area contributed by atoms with E-state index < -0.39 is 11.8 Å². The van der Waals surface area contributed by atoms with Crippen LogP contribution < -0.4 is 10.9 Å². The lowest BCUT2D eigenvalue weighted by Crippen LogP contribution is -2.24. The van der Waals surface area contributed by atoms with Crippen molar-refractivity contribution in [2.75, 3.05) is 5.32 Å². The molecule has 5 nitrogen and oxygen atoms in total. The number of carboxylic acids is 1. The number of pyridine rings is 1. The third kappa shape index (κ3) is 2.79. The number of benzene rings is 1. The Balaban J connectivity index is 2.60. The van der Waals surface area contributed by atoms with E-state index in [0.29, 0.717) is 5.56 Å². The number of hydrogen-bond acceptors (Lipinski definition) is 3. The molecule has 6 heteroatoms. The number of carbonyl (C=O) groups is 1. The molecule has 0 aliphatic rings. The number of aryl methyl sites for hydroxylation is 2. The highest BCUT2D eigenvalue weighted by molar-refractivity contribution is 5.94. The Labute approximate surface area is 120 Å². The second-order valence-corrected chi connectivity index (χ2v) is 4.87. The molecule has 0 radical (unpaired) electrons. The topological polar surface area (TPSA) is 71.3 Å². The quantitative estimate of drug-likeness (QED) is 0.911. The summed E-state index contributed by atoms with van der Waals surface area (Å²) in [4.78, 5) is 23.2. The molecule has 0 atom stereocenters. The van der Waals surface area contributed by atoms with Crippen molar-refractivity contribution >= 4 is 17.5 Å². The average molecular weight is 290 g/mol. The Morgan fingerprint density at radius 2 is 1.95 bits per heavy atom. The zero-order valence-electron chi connectivity index (χ0n) is 11.9. The summed E-state index contributed by atoms with van der Waals surface area (Å²) in [6.45, 7) is 3.28. The molecule has 2 rings (SSSR count). The van der Waals surface area contributed by atoms with Gasteiger partial charge in [0.25, 0.3) is 5.56 Å². The van der Waals surface area contributed by atoms with Crippen molar-refractivity contribution in [1.82, 2.24) is 4.57 Å². The van der Waals surface area contributed by atoms with Gasteiger partial charge in [-0.25, -0.2) is 9.18 Å². The monoisotopic (exact) mass is 290 g/mol. The van der Waals surface area contributed by atoms with Crippen LogP contribution in [-0.4, -0.2) is 15.6 Å². The van der Waals surface area contributed by atoms with Crippen LogP contribution in [0.5, 0.6) is 0 Å². The van der Waals surface area contributed by atoms with E-state index in [1.165, 1.54) is 32.2 Å². The van der Waals surface area contributed by atoms with E-state index in [1.54, 1.807) is 13.0 Å². The number of hydrogen-bond donors (Lipinski definition) is 2. The maximum Gasteiger partial charge on any atom is 0.339 e. The minimum Gasteiger partial charge on any atom is -0.478 e. The van der Waals surface area contributed by atoms with Gasteiger partial charge in [0.05, 0.1) is 5.69 Å². The SMILES string of the molecule is Cc1ccc(Nc2c(C(=O)O)cc(C)c(=O)n2C)c(F)c1. The number of nitrogens with one attached hydrogen (secondary N) is 1. The Morgan fingerprint density at radius 3 is 2.52 bits per heavy atom. The maximum atomic E-state index is 13.9. The van der Waals surface area contributed by atoms with Crippen molar-refractivity contribution in [1.29, 1.82) is 0 Å². The lowest BCUT2D eigenvalue weighted by molar-refractivity contribution is 0.0697. The molecule has 0 aliphatic heterocycles. The van der Waals surface area contributed by atoms with Crippen LogP contribution in [0.15, 0.2) is 29.1 Å². The van der Waals surface area contributed by atoms with Crippen LogP contribution in [0.2, 0.25) is 0 Å².